The Labute approximate surface area is 418 Å². The summed E-state index contributed by atoms with van der Waals surface area (Å²) >= 11 is 0. The molecule has 4 heterocycles. The van der Waals surface area contributed by atoms with Crippen LogP contribution < -0.4 is 0 Å². The topological polar surface area (TPSA) is 40.6 Å². The highest BCUT2D eigenvalue weighted by Crippen LogP contribution is 2.42. The fourth-order valence-corrected chi connectivity index (χ4v) is 12.0. The maximum Gasteiger partial charge on any atom is 0.160 e. The molecule has 0 spiro atoms. The monoisotopic (exact) mass is 927 g/mol. The van der Waals surface area contributed by atoms with E-state index in [0.29, 0.717) is 5.82 Å². The van der Waals surface area contributed by atoms with Crippen molar-refractivity contribution in [2.75, 3.05) is 0 Å². The molecular formula is C68H41N5. The van der Waals surface area contributed by atoms with Crippen molar-refractivity contribution < 1.29 is 0 Å². The first-order chi connectivity index (χ1) is 36.2. The summed E-state index contributed by atoms with van der Waals surface area (Å²) in [7, 11) is 0. The molecule has 0 unspecified atom stereocenters. The Hall–Kier alpha value is -9.84. The van der Waals surface area contributed by atoms with Gasteiger partial charge in [0.15, 0.2) is 5.82 Å². The Morgan fingerprint density at radius 2 is 0.808 bits per heavy atom. The van der Waals surface area contributed by atoms with E-state index in [1.54, 1.807) is 0 Å². The summed E-state index contributed by atoms with van der Waals surface area (Å²) in [5.41, 5.74) is 14.4. The molecule has 0 fully saturated rings. The van der Waals surface area contributed by atoms with E-state index in [0.717, 1.165) is 55.4 Å². The molecule has 0 amide bonds. The Balaban J connectivity index is 0.846. The van der Waals surface area contributed by atoms with E-state index in [4.69, 9.17) is 9.97 Å². The zero-order chi connectivity index (χ0) is 47.7. The van der Waals surface area contributed by atoms with Gasteiger partial charge in [0, 0.05) is 65.6 Å². The number of para-hydroxylation sites is 5. The predicted molar refractivity (Wildman–Crippen MR) is 306 cm³/mol. The number of benzene rings is 12. The first-order valence-corrected chi connectivity index (χ1v) is 25.0. The molecular weight excluding hydrogens is 887 g/mol. The maximum atomic E-state index is 5.43. The minimum atomic E-state index is 0.698. The minimum absolute atomic E-state index is 0.698. The Bertz CT molecular complexity index is 4980. The third kappa shape index (κ3) is 5.97. The summed E-state index contributed by atoms with van der Waals surface area (Å²) in [6.45, 7) is 0. The fraction of sp³-hybridized carbons (Fsp3) is 0. The Morgan fingerprint density at radius 3 is 1.59 bits per heavy atom. The average molecular weight is 928 g/mol. The van der Waals surface area contributed by atoms with E-state index in [1.165, 1.54) is 87.1 Å². The average Bonchev–Trinajstić information content (AvgIpc) is 4.08. The van der Waals surface area contributed by atoms with Gasteiger partial charge in [0.1, 0.15) is 0 Å². The van der Waals surface area contributed by atoms with Gasteiger partial charge >= 0.3 is 0 Å². The molecule has 338 valence electrons. The van der Waals surface area contributed by atoms with Gasteiger partial charge in [-0.3, -0.25) is 0 Å². The zero-order valence-corrected chi connectivity index (χ0v) is 39.4. The van der Waals surface area contributed by atoms with E-state index >= 15 is 0 Å². The van der Waals surface area contributed by atoms with E-state index < -0.39 is 0 Å². The molecule has 73 heavy (non-hydrogen) atoms. The van der Waals surface area contributed by atoms with Gasteiger partial charge in [0.25, 0.3) is 0 Å². The summed E-state index contributed by atoms with van der Waals surface area (Å²) in [4.78, 5) is 10.7. The van der Waals surface area contributed by atoms with E-state index in [1.807, 2.05) is 0 Å². The third-order valence-electron chi connectivity index (χ3n) is 15.3. The van der Waals surface area contributed by atoms with Crippen molar-refractivity contribution in [3.05, 3.63) is 249 Å². The van der Waals surface area contributed by atoms with Crippen LogP contribution >= 0.6 is 0 Å². The molecule has 0 radical (unpaired) electrons. The minimum Gasteiger partial charge on any atom is -0.309 e. The molecule has 0 aliphatic rings. The van der Waals surface area contributed by atoms with Crippen LogP contribution in [0, 0.1) is 0 Å². The van der Waals surface area contributed by atoms with Crippen LogP contribution in [0.2, 0.25) is 0 Å². The maximum absolute atomic E-state index is 5.43. The summed E-state index contributed by atoms with van der Waals surface area (Å²) < 4.78 is 7.26. The van der Waals surface area contributed by atoms with Crippen molar-refractivity contribution in [2.45, 2.75) is 0 Å². The van der Waals surface area contributed by atoms with Gasteiger partial charge in [0.2, 0.25) is 0 Å². The fourth-order valence-electron chi connectivity index (χ4n) is 12.0. The number of hydrogen-bond acceptors (Lipinski definition) is 2. The molecule has 4 aromatic heterocycles. The molecule has 0 aliphatic carbocycles. The zero-order valence-electron chi connectivity index (χ0n) is 39.4. The molecule has 5 heteroatoms. The molecule has 0 atom stereocenters. The van der Waals surface area contributed by atoms with Crippen molar-refractivity contribution in [2.24, 2.45) is 0 Å². The van der Waals surface area contributed by atoms with Crippen LogP contribution in [0.3, 0.4) is 0 Å². The summed E-state index contributed by atoms with van der Waals surface area (Å²) in [6, 6.07) is 90.5. The summed E-state index contributed by atoms with van der Waals surface area (Å²) in [5, 5.41) is 15.5. The van der Waals surface area contributed by atoms with Gasteiger partial charge in [-0.1, -0.05) is 152 Å². The van der Waals surface area contributed by atoms with Gasteiger partial charge in [0.05, 0.1) is 50.0 Å². The van der Waals surface area contributed by atoms with E-state index in [2.05, 4.69) is 262 Å². The highest BCUT2D eigenvalue weighted by atomic mass is 15.0. The summed E-state index contributed by atoms with van der Waals surface area (Å²) in [6.07, 6.45) is 0. The Kier molecular flexibility index (Phi) is 8.39. The van der Waals surface area contributed by atoms with Crippen LogP contribution in [0.25, 0.3) is 148 Å². The molecule has 0 aliphatic heterocycles. The number of rotatable bonds is 5. The second-order valence-corrected chi connectivity index (χ2v) is 19.4. The van der Waals surface area contributed by atoms with Crippen LogP contribution in [-0.4, -0.2) is 23.7 Å². The smallest absolute Gasteiger partial charge is 0.160 e. The predicted octanol–water partition coefficient (Wildman–Crippen LogP) is 17.7. The number of nitrogens with zero attached hydrogens (tertiary/aromatic N) is 5. The second kappa shape index (κ2) is 15.3. The molecule has 16 rings (SSSR count). The molecule has 0 saturated carbocycles. The first kappa shape index (κ1) is 39.9. The SMILES string of the molecule is c1ccc(-n2c3ccccc3c3cc(-c4nc(-c5ccc6ccc(-n7c8ccccc8c8cc9c(-n%10c%11ccccc%11c%11cc%12ccccc%12cc%11%10)cccc9cc87)cc6c5)nc5ccccc45)ccc32)cc1. The molecule has 0 N–H and O–H groups in total. The second-order valence-electron chi connectivity index (χ2n) is 19.4. The normalized spacial score (nSPS) is 12.1. The number of hydrogen-bond donors (Lipinski definition) is 0. The molecule has 0 saturated heterocycles. The van der Waals surface area contributed by atoms with Gasteiger partial charge in [-0.2, -0.15) is 0 Å². The molecule has 0 bridgehead atoms. The van der Waals surface area contributed by atoms with Gasteiger partial charge in [-0.25, -0.2) is 9.97 Å². The first-order valence-electron chi connectivity index (χ1n) is 25.0. The van der Waals surface area contributed by atoms with Crippen molar-refractivity contribution >= 4 is 109 Å². The van der Waals surface area contributed by atoms with Crippen molar-refractivity contribution in [3.8, 4) is 39.7 Å². The molecule has 12 aromatic carbocycles. The lowest BCUT2D eigenvalue weighted by Crippen LogP contribution is -1.97. The van der Waals surface area contributed by atoms with Gasteiger partial charge < -0.3 is 13.7 Å². The molecule has 16 aromatic rings. The van der Waals surface area contributed by atoms with Crippen LogP contribution in [0.4, 0.5) is 0 Å². The lowest BCUT2D eigenvalue weighted by Gasteiger charge is -2.14. The standard InChI is InChI=1S/C68H41N5/c1-2-18-49(19-3-1)71-60-25-11-7-20-51(60)56-38-46(32-34-64(56)71)67-54-23-6-10-24-59(54)69-68(70-67)47-30-29-42-31-33-50(36-48(42)35-47)72-61-26-12-8-22-53(61)58-41-55-45(40-65(58)72)17-14-28-63(55)73-62-27-13-9-21-52(62)57-37-43-15-4-5-16-44(43)39-66(57)73/h1-41H. The highest BCUT2D eigenvalue weighted by Gasteiger charge is 2.20. The van der Waals surface area contributed by atoms with Crippen molar-refractivity contribution in [1.29, 1.82) is 0 Å². The third-order valence-corrected chi connectivity index (χ3v) is 15.3. The van der Waals surface area contributed by atoms with E-state index in [9.17, 15) is 0 Å². The molecule has 5 nitrogen and oxygen atoms in total. The lowest BCUT2D eigenvalue weighted by atomic mass is 10.0. The number of fused-ring (bicyclic) bond motifs is 13. The quantitative estimate of drug-likeness (QED) is 0.173. The van der Waals surface area contributed by atoms with Crippen LogP contribution in [-0.2, 0) is 0 Å². The van der Waals surface area contributed by atoms with Crippen molar-refractivity contribution in [3.63, 3.8) is 0 Å². The number of aromatic nitrogens is 5. The highest BCUT2D eigenvalue weighted by molar-refractivity contribution is 6.18. The largest absolute Gasteiger partial charge is 0.309 e. The Morgan fingerprint density at radius 1 is 0.247 bits per heavy atom. The van der Waals surface area contributed by atoms with E-state index in [-0.39, 0.29) is 0 Å². The van der Waals surface area contributed by atoms with Crippen molar-refractivity contribution in [1.82, 2.24) is 23.7 Å². The van der Waals surface area contributed by atoms with Crippen LogP contribution in [0.15, 0.2) is 249 Å². The van der Waals surface area contributed by atoms with Gasteiger partial charge in [-0.05, 0) is 124 Å². The van der Waals surface area contributed by atoms with Crippen LogP contribution in [0.1, 0.15) is 0 Å². The van der Waals surface area contributed by atoms with Crippen LogP contribution in [0.5, 0.6) is 0 Å². The van der Waals surface area contributed by atoms with Gasteiger partial charge in [-0.15, -0.1) is 0 Å². The summed E-state index contributed by atoms with van der Waals surface area (Å²) in [5.74, 6) is 0.698. The lowest BCUT2D eigenvalue weighted by molar-refractivity contribution is 1.18.